The molecule has 6 nitrogen and oxygen atoms in total. The number of unbranched alkanes of at least 4 members (excludes halogenated alkanes) is 40. The summed E-state index contributed by atoms with van der Waals surface area (Å²) >= 11 is 0. The second kappa shape index (κ2) is 67.4. The van der Waals surface area contributed by atoms with E-state index >= 15 is 0 Å². The van der Waals surface area contributed by atoms with Crippen molar-refractivity contribution in [3.05, 3.63) is 72.9 Å². The van der Waals surface area contributed by atoms with E-state index in [1.54, 1.807) is 0 Å². The van der Waals surface area contributed by atoms with Crippen LogP contribution in [0.1, 0.15) is 355 Å². The first-order chi connectivity index (χ1) is 39.0. The lowest BCUT2D eigenvalue weighted by molar-refractivity contribution is -0.167. The Morgan fingerprint density at radius 2 is 0.494 bits per heavy atom. The summed E-state index contributed by atoms with van der Waals surface area (Å²) in [5.41, 5.74) is 0. The van der Waals surface area contributed by atoms with E-state index in [0.29, 0.717) is 19.3 Å². The monoisotopic (exact) mass is 1100 g/mol. The van der Waals surface area contributed by atoms with Gasteiger partial charge >= 0.3 is 17.9 Å². The molecule has 6 heteroatoms. The molecule has 0 spiro atoms. The predicted molar refractivity (Wildman–Crippen MR) is 344 cm³/mol. The topological polar surface area (TPSA) is 78.9 Å². The van der Waals surface area contributed by atoms with Gasteiger partial charge in [-0.25, -0.2) is 0 Å². The van der Waals surface area contributed by atoms with Crippen LogP contribution in [0.25, 0.3) is 0 Å². The van der Waals surface area contributed by atoms with Gasteiger partial charge in [0, 0.05) is 19.3 Å². The fourth-order valence-electron chi connectivity index (χ4n) is 10.1. The first-order valence-corrected chi connectivity index (χ1v) is 34.4. The highest BCUT2D eigenvalue weighted by Crippen LogP contribution is 2.18. The number of hydrogen-bond acceptors (Lipinski definition) is 6. The van der Waals surface area contributed by atoms with Crippen LogP contribution in [0.2, 0.25) is 0 Å². The van der Waals surface area contributed by atoms with E-state index in [1.807, 2.05) is 0 Å². The normalized spacial score (nSPS) is 12.5. The number of carbonyl (C=O) groups is 3. The third-order valence-corrected chi connectivity index (χ3v) is 15.2. The Labute approximate surface area is 491 Å². The lowest BCUT2D eigenvalue weighted by atomic mass is 10.0. The third-order valence-electron chi connectivity index (χ3n) is 15.2. The minimum Gasteiger partial charge on any atom is -0.462 e. The third kappa shape index (κ3) is 65.5. The van der Waals surface area contributed by atoms with Crippen LogP contribution in [-0.4, -0.2) is 37.2 Å². The lowest BCUT2D eigenvalue weighted by Gasteiger charge is -2.18. The minimum atomic E-state index is -0.780. The van der Waals surface area contributed by atoms with E-state index in [1.165, 1.54) is 205 Å². The Bertz CT molecular complexity index is 1450. The van der Waals surface area contributed by atoms with Crippen LogP contribution in [0.4, 0.5) is 0 Å². The zero-order chi connectivity index (χ0) is 57.1. The van der Waals surface area contributed by atoms with Crippen molar-refractivity contribution in [3.8, 4) is 0 Å². The van der Waals surface area contributed by atoms with Crippen LogP contribution in [0.5, 0.6) is 0 Å². The summed E-state index contributed by atoms with van der Waals surface area (Å²) in [6, 6.07) is 0. The van der Waals surface area contributed by atoms with Gasteiger partial charge in [0.1, 0.15) is 13.2 Å². The zero-order valence-corrected chi connectivity index (χ0v) is 52.6. The Morgan fingerprint density at radius 3 is 0.797 bits per heavy atom. The fourth-order valence-corrected chi connectivity index (χ4v) is 10.1. The summed E-state index contributed by atoms with van der Waals surface area (Å²) in [7, 11) is 0. The molecule has 79 heavy (non-hydrogen) atoms. The molecule has 0 aliphatic carbocycles. The molecule has 0 aliphatic rings. The molecule has 0 amide bonds. The van der Waals surface area contributed by atoms with Gasteiger partial charge in [0.2, 0.25) is 0 Å². The maximum Gasteiger partial charge on any atom is 0.306 e. The average molecular weight is 1100 g/mol. The molecule has 0 rings (SSSR count). The Kier molecular flexibility index (Phi) is 64.7. The second-order valence-electron chi connectivity index (χ2n) is 23.1. The maximum atomic E-state index is 12.9. The molecule has 0 aromatic carbocycles. The molecule has 0 saturated heterocycles. The zero-order valence-electron chi connectivity index (χ0n) is 52.6. The summed E-state index contributed by atoms with van der Waals surface area (Å²) in [5, 5.41) is 0. The van der Waals surface area contributed by atoms with Crippen LogP contribution in [0.15, 0.2) is 72.9 Å². The molecule has 0 saturated carbocycles. The fraction of sp³-hybridized carbons (Fsp3) is 0.795. The Balaban J connectivity index is 4.18. The number of carbonyl (C=O) groups excluding carboxylic acids is 3. The number of esters is 3. The van der Waals surface area contributed by atoms with Crippen LogP contribution in [-0.2, 0) is 28.6 Å². The van der Waals surface area contributed by atoms with Gasteiger partial charge in [-0.1, -0.05) is 318 Å². The van der Waals surface area contributed by atoms with Gasteiger partial charge in [-0.05, 0) is 89.9 Å². The van der Waals surface area contributed by atoms with Gasteiger partial charge in [0.15, 0.2) is 6.10 Å². The second-order valence-corrected chi connectivity index (χ2v) is 23.1. The molecule has 458 valence electrons. The standard InChI is InChI=1S/C73H130O6/c1-4-7-10-13-16-19-22-25-28-29-30-31-32-33-34-35-36-37-38-39-40-41-42-43-46-48-51-54-57-60-63-66-72(75)78-69-70(79-73(76)67-64-61-58-55-52-49-45-27-24-21-18-15-12-9-6-3)68-77-71(74)65-62-59-56-53-50-47-44-26-23-20-17-14-11-8-5-2/h7,10,16,18-19,21,25,27-28,30-31,45,70H,4-6,8-9,11-15,17,20,22-24,26,29,32-44,46-69H2,1-3H3/b10-7-,19-16-,21-18-,28-25-,31-30-,45-27-. The van der Waals surface area contributed by atoms with E-state index in [0.717, 1.165) is 109 Å². The SMILES string of the molecule is CC/C=C\C/C=C\C/C=C\C/C=C\CCCCCCCCCCCCCCCCCCCCC(=O)OCC(COC(=O)CCCCCCCCCCCCCCCCC)OC(=O)CCCCCCC/C=C\C/C=C\CCCCC. The van der Waals surface area contributed by atoms with Crippen molar-refractivity contribution in [2.24, 2.45) is 0 Å². The van der Waals surface area contributed by atoms with Crippen molar-refractivity contribution in [1.29, 1.82) is 0 Å². The van der Waals surface area contributed by atoms with Gasteiger partial charge in [0.05, 0.1) is 0 Å². The van der Waals surface area contributed by atoms with Crippen molar-refractivity contribution >= 4 is 17.9 Å². The van der Waals surface area contributed by atoms with Crippen molar-refractivity contribution in [1.82, 2.24) is 0 Å². The molecule has 1 unspecified atom stereocenters. The van der Waals surface area contributed by atoms with Crippen LogP contribution in [0, 0.1) is 0 Å². The van der Waals surface area contributed by atoms with Crippen LogP contribution in [0.3, 0.4) is 0 Å². The van der Waals surface area contributed by atoms with Gasteiger partial charge in [-0.2, -0.15) is 0 Å². The molecular formula is C73H130O6. The van der Waals surface area contributed by atoms with Gasteiger partial charge < -0.3 is 14.2 Å². The van der Waals surface area contributed by atoms with Gasteiger partial charge in [-0.15, -0.1) is 0 Å². The quantitative estimate of drug-likeness (QED) is 0.0261. The molecule has 0 heterocycles. The Morgan fingerprint density at radius 1 is 0.266 bits per heavy atom. The largest absolute Gasteiger partial charge is 0.462 e. The summed E-state index contributed by atoms with van der Waals surface area (Å²) < 4.78 is 17.0. The molecule has 0 fully saturated rings. The molecule has 1 atom stereocenters. The molecule has 0 N–H and O–H groups in total. The number of hydrogen-bond donors (Lipinski definition) is 0. The highest BCUT2D eigenvalue weighted by atomic mass is 16.6. The van der Waals surface area contributed by atoms with Crippen molar-refractivity contribution in [2.75, 3.05) is 13.2 Å². The van der Waals surface area contributed by atoms with E-state index in [4.69, 9.17) is 14.2 Å². The van der Waals surface area contributed by atoms with Gasteiger partial charge in [0.25, 0.3) is 0 Å². The highest BCUT2D eigenvalue weighted by Gasteiger charge is 2.19. The van der Waals surface area contributed by atoms with Crippen molar-refractivity contribution in [2.45, 2.75) is 361 Å². The predicted octanol–water partition coefficient (Wildman–Crippen LogP) is 23.7. The molecule has 0 radical (unpaired) electrons. The molecule has 0 aromatic heterocycles. The van der Waals surface area contributed by atoms with Crippen LogP contribution < -0.4 is 0 Å². The van der Waals surface area contributed by atoms with E-state index < -0.39 is 6.10 Å². The summed E-state index contributed by atoms with van der Waals surface area (Å²) in [5.74, 6) is -0.868. The first kappa shape index (κ1) is 75.8. The van der Waals surface area contributed by atoms with Crippen molar-refractivity contribution < 1.29 is 28.6 Å². The molecule has 0 aromatic rings. The van der Waals surface area contributed by atoms with E-state index in [9.17, 15) is 14.4 Å². The Hall–Kier alpha value is -3.15. The highest BCUT2D eigenvalue weighted by molar-refractivity contribution is 5.71. The average Bonchev–Trinajstić information content (AvgIpc) is 3.45. The number of rotatable bonds is 63. The van der Waals surface area contributed by atoms with Gasteiger partial charge in [-0.3, -0.25) is 14.4 Å². The summed E-state index contributed by atoms with van der Waals surface area (Å²) in [4.78, 5) is 38.4. The number of ether oxygens (including phenoxy) is 3. The van der Waals surface area contributed by atoms with E-state index in [-0.39, 0.29) is 31.1 Å². The minimum absolute atomic E-state index is 0.0753. The first-order valence-electron chi connectivity index (χ1n) is 34.4. The maximum absolute atomic E-state index is 12.9. The molecule has 0 bridgehead atoms. The molecular weight excluding hydrogens is 973 g/mol. The van der Waals surface area contributed by atoms with Crippen LogP contribution >= 0.6 is 0 Å². The van der Waals surface area contributed by atoms with Crippen molar-refractivity contribution in [3.63, 3.8) is 0 Å². The molecule has 0 aliphatic heterocycles. The number of allylic oxidation sites excluding steroid dienone is 12. The summed E-state index contributed by atoms with van der Waals surface area (Å²) in [6.45, 7) is 6.54. The summed E-state index contributed by atoms with van der Waals surface area (Å²) in [6.07, 6.45) is 87.9. The lowest BCUT2D eigenvalue weighted by Crippen LogP contribution is -2.30. The van der Waals surface area contributed by atoms with E-state index in [2.05, 4.69) is 93.7 Å². The smallest absolute Gasteiger partial charge is 0.306 e.